The fraction of sp³-hybridized carbons (Fsp3) is 0.800. The van der Waals surface area contributed by atoms with E-state index in [0.717, 1.165) is 43.4 Å². The summed E-state index contributed by atoms with van der Waals surface area (Å²) in [6.07, 6.45) is 0.319. The van der Waals surface area contributed by atoms with Gasteiger partial charge in [-0.05, 0) is 121 Å². The van der Waals surface area contributed by atoms with Crippen LogP contribution in [0.5, 0.6) is 5.75 Å². The van der Waals surface area contributed by atoms with Crippen LogP contribution < -0.4 is 9.46 Å². The third-order valence-electron chi connectivity index (χ3n) is 13.1. The summed E-state index contributed by atoms with van der Waals surface area (Å²) in [5.41, 5.74) is 0.715. The number of carbonyl (C=O) groups excluding carboxylic acids is 1. The van der Waals surface area contributed by atoms with E-state index in [-0.39, 0.29) is 52.7 Å². The maximum absolute atomic E-state index is 13.0. The standard InChI is InChI=1S/C35H52F3NO6S/c1-6-25-29-19-24(45-32(41)35(36,37)38)13-16-34(29,4)28-14-17-33(3)26(11-12-27(33)30(28)31(25)40)21(2)15-18-46(42,43)39-20-22-7-9-23(44-5)10-8-22/h7-10,21,24-31,39-40H,6,11-20H2,1-5H3/t21-,24-,25-,26-,27+,28+,29?,30?,31-,33?,34?/m1/s1. The smallest absolute Gasteiger partial charge is 0.490 e. The number of esters is 1. The quantitative estimate of drug-likeness (QED) is 0.263. The number of fused-ring (bicyclic) bond motifs is 5. The molecule has 4 fully saturated rings. The maximum atomic E-state index is 13.0. The molecule has 0 spiro atoms. The number of nitrogens with one attached hydrogen (secondary N) is 1. The minimum absolute atomic E-state index is 0.00960. The second-order valence-corrected chi connectivity index (χ2v) is 17.2. The van der Waals surface area contributed by atoms with E-state index in [0.29, 0.717) is 37.5 Å². The molecule has 4 aliphatic rings. The van der Waals surface area contributed by atoms with Gasteiger partial charge in [0.15, 0.2) is 0 Å². The summed E-state index contributed by atoms with van der Waals surface area (Å²) in [7, 11) is -1.87. The van der Waals surface area contributed by atoms with Gasteiger partial charge in [0.05, 0.1) is 19.0 Å². The molecule has 46 heavy (non-hydrogen) atoms. The first kappa shape index (κ1) is 35.5. The number of methoxy groups -OCH3 is 1. The van der Waals surface area contributed by atoms with Crippen molar-refractivity contribution in [3.63, 3.8) is 0 Å². The van der Waals surface area contributed by atoms with Crippen molar-refractivity contribution in [3.8, 4) is 5.75 Å². The number of halogens is 3. The van der Waals surface area contributed by atoms with Gasteiger partial charge < -0.3 is 14.6 Å². The summed E-state index contributed by atoms with van der Waals surface area (Å²) in [6.45, 7) is 9.08. The molecule has 0 aliphatic heterocycles. The highest BCUT2D eigenvalue weighted by Crippen LogP contribution is 2.69. The first-order valence-electron chi connectivity index (χ1n) is 17.1. The van der Waals surface area contributed by atoms with Gasteiger partial charge in [-0.2, -0.15) is 13.2 Å². The number of aliphatic hydroxyl groups excluding tert-OH is 1. The van der Waals surface area contributed by atoms with Gasteiger partial charge >= 0.3 is 12.1 Å². The Morgan fingerprint density at radius 1 is 1.04 bits per heavy atom. The van der Waals surface area contributed by atoms with E-state index in [4.69, 9.17) is 9.47 Å². The van der Waals surface area contributed by atoms with Crippen LogP contribution in [0.1, 0.15) is 91.0 Å². The van der Waals surface area contributed by atoms with E-state index in [2.05, 4.69) is 25.5 Å². The number of alkyl halides is 3. The Kier molecular flexibility index (Phi) is 10.2. The molecule has 0 saturated heterocycles. The lowest BCUT2D eigenvalue weighted by Crippen LogP contribution is -2.62. The van der Waals surface area contributed by atoms with Crippen LogP contribution >= 0.6 is 0 Å². The van der Waals surface area contributed by atoms with Crippen LogP contribution in [0.3, 0.4) is 0 Å². The van der Waals surface area contributed by atoms with E-state index in [1.54, 1.807) is 7.11 Å². The Balaban J connectivity index is 1.24. The molecule has 11 heteroatoms. The molecule has 0 aromatic heterocycles. The van der Waals surface area contributed by atoms with E-state index >= 15 is 0 Å². The molecule has 1 aromatic carbocycles. The number of rotatable bonds is 10. The zero-order valence-corrected chi connectivity index (χ0v) is 28.6. The van der Waals surface area contributed by atoms with Gasteiger partial charge in [0.25, 0.3) is 0 Å². The summed E-state index contributed by atoms with van der Waals surface area (Å²) in [6, 6.07) is 7.31. The molecule has 0 amide bonds. The lowest BCUT2D eigenvalue weighted by Gasteiger charge is -2.64. The average molecular weight is 672 g/mol. The molecular weight excluding hydrogens is 619 g/mol. The average Bonchev–Trinajstić information content (AvgIpc) is 3.36. The van der Waals surface area contributed by atoms with Crippen LogP contribution in [-0.4, -0.2) is 50.7 Å². The highest BCUT2D eigenvalue weighted by Gasteiger charge is 2.65. The molecule has 0 radical (unpaired) electrons. The molecule has 7 nitrogen and oxygen atoms in total. The predicted molar refractivity (Wildman–Crippen MR) is 169 cm³/mol. The van der Waals surface area contributed by atoms with Gasteiger partial charge in [-0.15, -0.1) is 0 Å². The molecule has 4 saturated carbocycles. The van der Waals surface area contributed by atoms with Crippen molar-refractivity contribution < 1.29 is 41.0 Å². The molecule has 4 unspecified atom stereocenters. The first-order valence-corrected chi connectivity index (χ1v) is 18.8. The van der Waals surface area contributed by atoms with Crippen molar-refractivity contribution in [3.05, 3.63) is 29.8 Å². The van der Waals surface area contributed by atoms with Crippen molar-refractivity contribution in [2.45, 2.75) is 110 Å². The zero-order chi connectivity index (χ0) is 33.7. The summed E-state index contributed by atoms with van der Waals surface area (Å²) in [5, 5.41) is 12.0. The Hall–Kier alpha value is -1.85. The Morgan fingerprint density at radius 3 is 2.33 bits per heavy atom. The largest absolute Gasteiger partial charge is 0.497 e. The van der Waals surface area contributed by atoms with Crippen LogP contribution in [0.15, 0.2) is 24.3 Å². The van der Waals surface area contributed by atoms with Crippen LogP contribution in [0.4, 0.5) is 13.2 Å². The molecule has 0 heterocycles. The maximum Gasteiger partial charge on any atom is 0.490 e. The summed E-state index contributed by atoms with van der Waals surface area (Å²) in [4.78, 5) is 11.6. The second kappa shape index (κ2) is 13.2. The minimum atomic E-state index is -5.01. The molecule has 260 valence electrons. The number of aliphatic hydroxyl groups is 1. The predicted octanol–water partition coefficient (Wildman–Crippen LogP) is 6.88. The third-order valence-corrected chi connectivity index (χ3v) is 14.5. The lowest BCUT2D eigenvalue weighted by molar-refractivity contribution is -0.222. The molecular formula is C35H52F3NO6S. The Labute approximate surface area is 272 Å². The van der Waals surface area contributed by atoms with Gasteiger partial charge in [-0.1, -0.05) is 46.2 Å². The number of hydrogen-bond donors (Lipinski definition) is 2. The molecule has 5 rings (SSSR count). The Morgan fingerprint density at radius 2 is 1.70 bits per heavy atom. The van der Waals surface area contributed by atoms with Crippen LogP contribution in [0.2, 0.25) is 0 Å². The fourth-order valence-corrected chi connectivity index (χ4v) is 12.0. The highest BCUT2D eigenvalue weighted by atomic mass is 32.2. The van der Waals surface area contributed by atoms with Crippen LogP contribution in [0, 0.1) is 52.3 Å². The SMILES string of the molecule is CC[C@@H]1C2C[C@H](OC(=O)C(F)(F)F)CCC2(C)[C@H]2CCC3(C)[C@@H]([C@H](C)CCS(=O)(=O)NCc4ccc(OC)cc4)CC[C@H]3C2[C@@H]1O. The van der Waals surface area contributed by atoms with Crippen molar-refractivity contribution in [1.82, 2.24) is 4.72 Å². The van der Waals surface area contributed by atoms with E-state index in [9.17, 15) is 31.5 Å². The minimum Gasteiger partial charge on any atom is -0.497 e. The van der Waals surface area contributed by atoms with Gasteiger partial charge in [0.2, 0.25) is 10.0 Å². The van der Waals surface area contributed by atoms with Gasteiger partial charge in [0.1, 0.15) is 11.9 Å². The molecule has 2 N–H and O–H groups in total. The molecule has 11 atom stereocenters. The summed E-state index contributed by atoms with van der Waals surface area (Å²) >= 11 is 0. The van der Waals surface area contributed by atoms with E-state index in [1.807, 2.05) is 31.2 Å². The number of benzene rings is 1. The van der Waals surface area contributed by atoms with Crippen LogP contribution in [-0.2, 0) is 26.1 Å². The van der Waals surface area contributed by atoms with Crippen molar-refractivity contribution in [2.24, 2.45) is 52.3 Å². The second-order valence-electron chi connectivity index (χ2n) is 15.2. The third kappa shape index (κ3) is 6.71. The van der Waals surface area contributed by atoms with Gasteiger partial charge in [0, 0.05) is 6.54 Å². The molecule has 0 bridgehead atoms. The van der Waals surface area contributed by atoms with E-state index in [1.165, 1.54) is 0 Å². The fourth-order valence-electron chi connectivity index (χ4n) is 10.8. The number of ether oxygens (including phenoxy) is 2. The zero-order valence-electron chi connectivity index (χ0n) is 27.8. The summed E-state index contributed by atoms with van der Waals surface area (Å²) in [5.74, 6) is -0.195. The Bertz CT molecular complexity index is 1340. The number of carbonyl (C=O) groups is 1. The monoisotopic (exact) mass is 671 g/mol. The topological polar surface area (TPSA) is 102 Å². The molecule has 4 aliphatic carbocycles. The number of hydrogen-bond acceptors (Lipinski definition) is 6. The van der Waals surface area contributed by atoms with Crippen LogP contribution in [0.25, 0.3) is 0 Å². The lowest BCUT2D eigenvalue weighted by atomic mass is 9.41. The molecule has 1 aromatic rings. The highest BCUT2D eigenvalue weighted by molar-refractivity contribution is 7.89. The van der Waals surface area contributed by atoms with Gasteiger partial charge in [-0.3, -0.25) is 0 Å². The van der Waals surface area contributed by atoms with Gasteiger partial charge in [-0.25, -0.2) is 17.9 Å². The van der Waals surface area contributed by atoms with Crippen molar-refractivity contribution in [2.75, 3.05) is 12.9 Å². The van der Waals surface area contributed by atoms with Crippen molar-refractivity contribution in [1.29, 1.82) is 0 Å². The summed E-state index contributed by atoms with van der Waals surface area (Å²) < 4.78 is 77.7. The number of sulfonamides is 1. The van der Waals surface area contributed by atoms with E-state index < -0.39 is 34.4 Å². The van der Waals surface area contributed by atoms with Crippen molar-refractivity contribution >= 4 is 16.0 Å². The normalized spacial score (nSPS) is 38.3. The first-order chi connectivity index (χ1) is 21.5.